The highest BCUT2D eigenvalue weighted by Crippen LogP contribution is 2.08. The van der Waals surface area contributed by atoms with E-state index >= 15 is 0 Å². The molecule has 0 fully saturated rings. The third kappa shape index (κ3) is 4.81. The van der Waals surface area contributed by atoms with Crippen LogP contribution in [0.1, 0.15) is 20.3 Å². The molecule has 1 unspecified atom stereocenters. The van der Waals surface area contributed by atoms with Crippen LogP contribution in [0.15, 0.2) is 0 Å². The van der Waals surface area contributed by atoms with Crippen molar-refractivity contribution in [2.75, 3.05) is 0 Å². The van der Waals surface area contributed by atoms with Crippen LogP contribution >= 0.6 is 21.8 Å². The largest absolute Gasteiger partial charge is 0.123 e. The van der Waals surface area contributed by atoms with E-state index in [1.54, 1.807) is 0 Å². The Bertz CT molecular complexity index is 39.1. The molecule has 0 aromatic rings. The Labute approximate surface area is 60.5 Å². The summed E-state index contributed by atoms with van der Waals surface area (Å²) in [5, 5.41) is 0. The molecule has 7 heavy (non-hydrogen) atoms. The lowest BCUT2D eigenvalue weighted by Gasteiger charge is -1.97. The summed E-state index contributed by atoms with van der Waals surface area (Å²) >= 11 is 2.64. The number of hydrogen-bond acceptors (Lipinski definition) is 0. The monoisotopic (exact) mass is 228 g/mol. The van der Waals surface area contributed by atoms with Crippen LogP contribution in [0.4, 0.5) is 0 Å². The van der Waals surface area contributed by atoms with E-state index < -0.39 is 0 Å². The number of halogens is 1. The number of rotatable bonds is 3. The van der Waals surface area contributed by atoms with E-state index in [4.69, 9.17) is 0 Å². The molecule has 0 aromatic heterocycles. The Hall–Kier alpha value is 0.947. The second-order valence-electron chi connectivity index (χ2n) is 1.79. The molecule has 0 spiro atoms. The maximum atomic E-state index is 2.64. The molecule has 0 radical (unpaired) electrons. The van der Waals surface area contributed by atoms with Gasteiger partial charge in [0.15, 0.2) is 0 Å². The molecular formula is C5H13ISi. The quantitative estimate of drug-likeness (QED) is 0.395. The van der Waals surface area contributed by atoms with Crippen LogP contribution in [0, 0.1) is 0 Å². The second-order valence-corrected chi connectivity index (χ2v) is 9.67. The molecule has 0 aromatic carbocycles. The molecule has 0 heterocycles. The van der Waals surface area contributed by atoms with Crippen LogP contribution in [-0.4, -0.2) is 6.29 Å². The lowest BCUT2D eigenvalue weighted by Crippen LogP contribution is -1.96. The molecular weight excluding hydrogens is 215 g/mol. The molecule has 0 N–H and O–H groups in total. The first kappa shape index (κ1) is 7.95. The summed E-state index contributed by atoms with van der Waals surface area (Å²) in [6.07, 6.45) is 1.19. The lowest BCUT2D eigenvalue weighted by molar-refractivity contribution is 1.07. The van der Waals surface area contributed by atoms with Gasteiger partial charge in [-0.15, -0.1) is 21.8 Å². The Morgan fingerprint density at radius 2 is 2.00 bits per heavy atom. The van der Waals surface area contributed by atoms with Crippen LogP contribution in [0.3, 0.4) is 0 Å². The van der Waals surface area contributed by atoms with Crippen molar-refractivity contribution in [3.05, 3.63) is 0 Å². The van der Waals surface area contributed by atoms with Gasteiger partial charge in [-0.05, 0) is 0 Å². The van der Waals surface area contributed by atoms with Gasteiger partial charge in [0.1, 0.15) is 6.29 Å². The molecule has 0 saturated heterocycles. The van der Waals surface area contributed by atoms with Crippen molar-refractivity contribution in [2.24, 2.45) is 0 Å². The van der Waals surface area contributed by atoms with Crippen LogP contribution < -0.4 is 0 Å². The van der Waals surface area contributed by atoms with Gasteiger partial charge in [-0.1, -0.05) is 32.4 Å². The summed E-state index contributed by atoms with van der Waals surface area (Å²) in [7, 11) is 0. The summed E-state index contributed by atoms with van der Waals surface area (Å²) in [4.78, 5) is 0. The summed E-state index contributed by atoms with van der Waals surface area (Å²) in [5.41, 5.74) is 0. The van der Waals surface area contributed by atoms with E-state index in [9.17, 15) is 0 Å². The summed E-state index contributed by atoms with van der Waals surface area (Å²) in [6, 6.07) is 2.99. The van der Waals surface area contributed by atoms with Gasteiger partial charge in [-0.2, -0.15) is 0 Å². The molecule has 0 aliphatic rings. The second kappa shape index (κ2) is 5.09. The fourth-order valence-corrected chi connectivity index (χ4v) is 3.42. The van der Waals surface area contributed by atoms with Crippen molar-refractivity contribution in [3.63, 3.8) is 0 Å². The van der Waals surface area contributed by atoms with Gasteiger partial charge < -0.3 is 0 Å². The van der Waals surface area contributed by atoms with E-state index in [1.807, 2.05) is 0 Å². The first-order valence-corrected chi connectivity index (χ1v) is 8.76. The zero-order chi connectivity index (χ0) is 5.70. The van der Waals surface area contributed by atoms with E-state index in [0.29, 0.717) is 0 Å². The van der Waals surface area contributed by atoms with Gasteiger partial charge in [-0.25, -0.2) is 0 Å². The molecule has 1 atom stereocenters. The Morgan fingerprint density at radius 3 is 2.14 bits per heavy atom. The standard InChI is InChI=1S/C5H13ISi/c1-3-5-7(6)4-2/h7H,3-5H2,1-2H3. The topological polar surface area (TPSA) is 0 Å². The van der Waals surface area contributed by atoms with Gasteiger partial charge in [0, 0.05) is 0 Å². The third-order valence-corrected chi connectivity index (χ3v) is 7.65. The van der Waals surface area contributed by atoms with Crippen molar-refractivity contribution in [1.82, 2.24) is 0 Å². The first-order valence-electron chi connectivity index (χ1n) is 2.95. The van der Waals surface area contributed by atoms with Crippen molar-refractivity contribution in [2.45, 2.75) is 32.4 Å². The Morgan fingerprint density at radius 1 is 1.43 bits per heavy atom. The van der Waals surface area contributed by atoms with E-state index in [-0.39, 0.29) is 6.29 Å². The summed E-state index contributed by atoms with van der Waals surface area (Å²) < 4.78 is 0. The molecule has 0 aliphatic heterocycles. The van der Waals surface area contributed by atoms with Gasteiger partial charge in [0.25, 0.3) is 0 Å². The zero-order valence-electron chi connectivity index (χ0n) is 5.08. The minimum Gasteiger partial charge on any atom is -0.123 e. The minimum absolute atomic E-state index is 0.211. The molecule has 2 heteroatoms. The van der Waals surface area contributed by atoms with Crippen molar-refractivity contribution in [3.8, 4) is 0 Å². The average Bonchev–Trinajstić information content (AvgIpc) is 1.68. The van der Waals surface area contributed by atoms with Crippen LogP contribution in [-0.2, 0) is 0 Å². The van der Waals surface area contributed by atoms with E-state index in [0.717, 1.165) is 0 Å². The van der Waals surface area contributed by atoms with Gasteiger partial charge in [0.2, 0.25) is 0 Å². The molecule has 0 saturated carbocycles. The van der Waals surface area contributed by atoms with E-state index in [1.165, 1.54) is 18.5 Å². The van der Waals surface area contributed by atoms with E-state index in [2.05, 4.69) is 35.6 Å². The van der Waals surface area contributed by atoms with Crippen LogP contribution in [0.2, 0.25) is 12.1 Å². The maximum absolute atomic E-state index is 2.64. The van der Waals surface area contributed by atoms with Crippen molar-refractivity contribution >= 4 is 28.1 Å². The van der Waals surface area contributed by atoms with Crippen LogP contribution in [0.5, 0.6) is 0 Å². The highest BCUT2D eigenvalue weighted by Gasteiger charge is 1.97. The van der Waals surface area contributed by atoms with Gasteiger partial charge >= 0.3 is 0 Å². The Kier molecular flexibility index (Phi) is 5.78. The molecule has 0 amide bonds. The molecule has 0 aliphatic carbocycles. The zero-order valence-corrected chi connectivity index (χ0v) is 8.39. The number of hydrogen-bond donors (Lipinski definition) is 0. The first-order chi connectivity index (χ1) is 3.31. The third-order valence-electron chi connectivity index (χ3n) is 1.04. The summed E-state index contributed by atoms with van der Waals surface area (Å²) in [6.45, 7) is 4.58. The lowest BCUT2D eigenvalue weighted by atomic mass is 10.6. The van der Waals surface area contributed by atoms with Crippen LogP contribution in [0.25, 0.3) is 0 Å². The molecule has 0 nitrogen and oxygen atoms in total. The van der Waals surface area contributed by atoms with Gasteiger partial charge in [-0.3, -0.25) is 0 Å². The van der Waals surface area contributed by atoms with Gasteiger partial charge in [0.05, 0.1) is 0 Å². The van der Waals surface area contributed by atoms with Crippen molar-refractivity contribution < 1.29 is 0 Å². The molecule has 0 bridgehead atoms. The Balaban J connectivity index is 2.83. The van der Waals surface area contributed by atoms with Crippen molar-refractivity contribution in [1.29, 1.82) is 0 Å². The predicted molar refractivity (Wildman–Crippen MR) is 46.7 cm³/mol. The molecule has 0 rings (SSSR count). The normalized spacial score (nSPS) is 14.1. The maximum Gasteiger partial charge on any atom is 0.109 e. The fourth-order valence-electron chi connectivity index (χ4n) is 0.517. The average molecular weight is 228 g/mol. The highest BCUT2D eigenvalue weighted by molar-refractivity contribution is 14.1. The molecule has 44 valence electrons. The smallest absolute Gasteiger partial charge is 0.109 e. The summed E-state index contributed by atoms with van der Waals surface area (Å²) in [5.74, 6) is 0. The fraction of sp³-hybridized carbons (Fsp3) is 1.00. The minimum atomic E-state index is -0.211. The predicted octanol–water partition coefficient (Wildman–Crippen LogP) is 2.58. The SMILES string of the molecule is CCC[SiH](I)CC. The highest BCUT2D eigenvalue weighted by atomic mass is 127.